The fraction of sp³-hybridized carbons (Fsp3) is 1.00. The summed E-state index contributed by atoms with van der Waals surface area (Å²) in [6, 6.07) is 0.265. The summed E-state index contributed by atoms with van der Waals surface area (Å²) in [4.78, 5) is 0. The molecule has 2 saturated carbocycles. The average Bonchev–Trinajstić information content (AvgIpc) is 3.15. The lowest BCUT2D eigenvalue weighted by molar-refractivity contribution is 0.342. The number of hydrogen-bond acceptors (Lipinski definition) is 3. The van der Waals surface area contributed by atoms with Crippen LogP contribution in [-0.2, 0) is 10.2 Å². The van der Waals surface area contributed by atoms with Gasteiger partial charge in [-0.15, -0.1) is 0 Å². The van der Waals surface area contributed by atoms with Crippen molar-refractivity contribution in [2.75, 3.05) is 26.7 Å². The SMILES string of the molecule is CN(CCCN)S(=O)(=O)N(CC1CC1)C1CC1. The van der Waals surface area contributed by atoms with Crippen LogP contribution in [0.3, 0.4) is 0 Å². The molecule has 0 bridgehead atoms. The molecule has 100 valence electrons. The minimum absolute atomic E-state index is 0.265. The van der Waals surface area contributed by atoms with Crippen LogP contribution in [-0.4, -0.2) is 49.8 Å². The molecule has 0 saturated heterocycles. The maximum atomic E-state index is 12.4. The summed E-state index contributed by atoms with van der Waals surface area (Å²) in [5, 5.41) is 0. The summed E-state index contributed by atoms with van der Waals surface area (Å²) < 4.78 is 28.0. The zero-order valence-electron chi connectivity index (χ0n) is 10.5. The van der Waals surface area contributed by atoms with Gasteiger partial charge in [0.1, 0.15) is 0 Å². The van der Waals surface area contributed by atoms with Gasteiger partial charge in [0.2, 0.25) is 0 Å². The van der Waals surface area contributed by atoms with Crippen molar-refractivity contribution in [2.24, 2.45) is 11.7 Å². The third-order valence-electron chi connectivity index (χ3n) is 3.46. The van der Waals surface area contributed by atoms with E-state index in [1.807, 2.05) is 0 Å². The summed E-state index contributed by atoms with van der Waals surface area (Å²) >= 11 is 0. The fourth-order valence-electron chi connectivity index (χ4n) is 1.96. The molecule has 2 aliphatic carbocycles. The Kier molecular flexibility index (Phi) is 4.07. The molecule has 0 radical (unpaired) electrons. The smallest absolute Gasteiger partial charge is 0.281 e. The first-order valence-electron chi connectivity index (χ1n) is 6.49. The van der Waals surface area contributed by atoms with Gasteiger partial charge in [-0.2, -0.15) is 17.0 Å². The Morgan fingerprint density at radius 2 is 1.88 bits per heavy atom. The second-order valence-electron chi connectivity index (χ2n) is 5.22. The molecule has 2 fully saturated rings. The van der Waals surface area contributed by atoms with Crippen LogP contribution in [0.1, 0.15) is 32.1 Å². The van der Waals surface area contributed by atoms with Crippen molar-refractivity contribution < 1.29 is 8.42 Å². The third-order valence-corrected chi connectivity index (χ3v) is 5.47. The minimum Gasteiger partial charge on any atom is -0.330 e. The van der Waals surface area contributed by atoms with E-state index >= 15 is 0 Å². The number of nitrogens with zero attached hydrogens (tertiary/aromatic N) is 2. The van der Waals surface area contributed by atoms with E-state index in [4.69, 9.17) is 5.73 Å². The first-order chi connectivity index (χ1) is 8.05. The highest BCUT2D eigenvalue weighted by Gasteiger charge is 2.41. The minimum atomic E-state index is -3.25. The maximum Gasteiger partial charge on any atom is 0.281 e. The Bertz CT molecular complexity index is 350. The summed E-state index contributed by atoms with van der Waals surface area (Å²) in [7, 11) is -1.59. The van der Waals surface area contributed by atoms with Crippen molar-refractivity contribution in [3.8, 4) is 0 Å². The largest absolute Gasteiger partial charge is 0.330 e. The van der Waals surface area contributed by atoms with E-state index in [1.54, 1.807) is 11.4 Å². The Morgan fingerprint density at radius 1 is 1.24 bits per heavy atom. The van der Waals surface area contributed by atoms with Gasteiger partial charge in [-0.25, -0.2) is 0 Å². The van der Waals surface area contributed by atoms with Crippen LogP contribution in [0.5, 0.6) is 0 Å². The lowest BCUT2D eigenvalue weighted by atomic mass is 10.4. The predicted molar refractivity (Wildman–Crippen MR) is 67.7 cm³/mol. The van der Waals surface area contributed by atoms with Crippen LogP contribution in [0.2, 0.25) is 0 Å². The Labute approximate surface area is 104 Å². The van der Waals surface area contributed by atoms with E-state index in [0.29, 0.717) is 19.0 Å². The average molecular weight is 261 g/mol. The summed E-state index contributed by atoms with van der Waals surface area (Å²) in [6.07, 6.45) is 5.14. The Morgan fingerprint density at radius 3 is 2.35 bits per heavy atom. The quantitative estimate of drug-likeness (QED) is 0.687. The van der Waals surface area contributed by atoms with Crippen molar-refractivity contribution in [1.29, 1.82) is 0 Å². The van der Waals surface area contributed by atoms with Crippen molar-refractivity contribution in [3.63, 3.8) is 0 Å². The van der Waals surface area contributed by atoms with Gasteiger partial charge in [-0.05, 0) is 44.6 Å². The van der Waals surface area contributed by atoms with Gasteiger partial charge < -0.3 is 5.73 Å². The molecule has 17 heavy (non-hydrogen) atoms. The van der Waals surface area contributed by atoms with E-state index in [1.165, 1.54) is 17.1 Å². The number of hydrogen-bond donors (Lipinski definition) is 1. The van der Waals surface area contributed by atoms with E-state index in [2.05, 4.69) is 0 Å². The molecular formula is C11H23N3O2S. The fourth-order valence-corrected chi connectivity index (χ4v) is 3.66. The Hall–Kier alpha value is -0.170. The highest BCUT2D eigenvalue weighted by molar-refractivity contribution is 7.86. The van der Waals surface area contributed by atoms with Crippen molar-refractivity contribution >= 4 is 10.2 Å². The molecule has 0 aliphatic heterocycles. The van der Waals surface area contributed by atoms with Crippen LogP contribution in [0.15, 0.2) is 0 Å². The predicted octanol–water partition coefficient (Wildman–Crippen LogP) is 0.386. The summed E-state index contributed by atoms with van der Waals surface area (Å²) in [5.74, 6) is 0.605. The number of rotatable bonds is 8. The topological polar surface area (TPSA) is 66.6 Å². The highest BCUT2D eigenvalue weighted by Crippen LogP contribution is 2.36. The first kappa shape index (κ1) is 13.3. The summed E-state index contributed by atoms with van der Waals surface area (Å²) in [5.41, 5.74) is 5.42. The van der Waals surface area contributed by atoms with Crippen LogP contribution < -0.4 is 5.73 Å². The standard InChI is InChI=1S/C11H23N3O2S/c1-13(8-2-7-12)17(15,16)14(11-5-6-11)9-10-3-4-10/h10-11H,2-9,12H2,1H3. The Balaban J connectivity index is 1.98. The van der Waals surface area contributed by atoms with Gasteiger partial charge in [-0.1, -0.05) is 0 Å². The molecule has 0 atom stereocenters. The van der Waals surface area contributed by atoms with E-state index in [9.17, 15) is 8.42 Å². The molecule has 0 aromatic carbocycles. The van der Waals surface area contributed by atoms with Gasteiger partial charge in [0.15, 0.2) is 0 Å². The zero-order valence-corrected chi connectivity index (χ0v) is 11.3. The molecule has 0 spiro atoms. The second-order valence-corrected chi connectivity index (χ2v) is 7.20. The molecule has 5 nitrogen and oxygen atoms in total. The molecule has 0 amide bonds. The van der Waals surface area contributed by atoms with Crippen LogP contribution in [0, 0.1) is 5.92 Å². The van der Waals surface area contributed by atoms with Crippen molar-refractivity contribution in [3.05, 3.63) is 0 Å². The van der Waals surface area contributed by atoms with Crippen LogP contribution >= 0.6 is 0 Å². The van der Waals surface area contributed by atoms with Gasteiger partial charge in [-0.3, -0.25) is 0 Å². The highest BCUT2D eigenvalue weighted by atomic mass is 32.2. The van der Waals surface area contributed by atoms with Gasteiger partial charge in [0.05, 0.1) is 0 Å². The molecule has 2 aliphatic rings. The normalized spacial score (nSPS) is 21.4. The van der Waals surface area contributed by atoms with Crippen LogP contribution in [0.4, 0.5) is 0 Å². The third kappa shape index (κ3) is 3.40. The van der Waals surface area contributed by atoms with Crippen molar-refractivity contribution in [2.45, 2.75) is 38.1 Å². The maximum absolute atomic E-state index is 12.4. The molecular weight excluding hydrogens is 238 g/mol. The molecule has 0 aromatic heterocycles. The van der Waals surface area contributed by atoms with Gasteiger partial charge in [0.25, 0.3) is 10.2 Å². The van der Waals surface area contributed by atoms with Gasteiger partial charge in [0, 0.05) is 26.2 Å². The van der Waals surface area contributed by atoms with E-state index < -0.39 is 10.2 Å². The zero-order chi connectivity index (χ0) is 12.5. The van der Waals surface area contributed by atoms with Crippen LogP contribution in [0.25, 0.3) is 0 Å². The molecule has 0 unspecified atom stereocenters. The van der Waals surface area contributed by atoms with Gasteiger partial charge >= 0.3 is 0 Å². The molecule has 0 aromatic rings. The lowest BCUT2D eigenvalue weighted by Gasteiger charge is -2.27. The van der Waals surface area contributed by atoms with Crippen molar-refractivity contribution in [1.82, 2.24) is 8.61 Å². The lowest BCUT2D eigenvalue weighted by Crippen LogP contribution is -2.44. The molecule has 2 N–H and O–H groups in total. The first-order valence-corrected chi connectivity index (χ1v) is 7.88. The summed E-state index contributed by atoms with van der Waals surface area (Å²) in [6.45, 7) is 1.78. The monoisotopic (exact) mass is 261 g/mol. The number of nitrogens with two attached hydrogens (primary N) is 1. The second kappa shape index (κ2) is 5.22. The molecule has 0 heterocycles. The van der Waals surface area contributed by atoms with E-state index in [0.717, 1.165) is 25.8 Å². The molecule has 6 heteroatoms. The molecule has 2 rings (SSSR count). The van der Waals surface area contributed by atoms with E-state index in [-0.39, 0.29) is 6.04 Å².